The van der Waals surface area contributed by atoms with Crippen LogP contribution in [-0.2, 0) is 6.54 Å². The summed E-state index contributed by atoms with van der Waals surface area (Å²) in [5.74, 6) is 3.65. The third-order valence-electron chi connectivity index (χ3n) is 5.82. The van der Waals surface area contributed by atoms with Crippen LogP contribution in [0.15, 0.2) is 28.8 Å². The third-order valence-corrected chi connectivity index (χ3v) is 6.15. The number of aromatic nitrogens is 2. The fraction of sp³-hybridized carbons (Fsp3) is 0.636. The van der Waals surface area contributed by atoms with Crippen LogP contribution in [0.25, 0.3) is 11.5 Å². The van der Waals surface area contributed by atoms with Gasteiger partial charge in [-0.1, -0.05) is 56.6 Å². The van der Waals surface area contributed by atoms with Crippen molar-refractivity contribution in [2.75, 3.05) is 0 Å². The highest BCUT2D eigenvalue weighted by atomic mass is 35.5. The molecule has 0 radical (unpaired) electrons. The van der Waals surface area contributed by atoms with E-state index in [4.69, 9.17) is 16.1 Å². The van der Waals surface area contributed by atoms with Gasteiger partial charge in [0.05, 0.1) is 17.1 Å². The molecule has 1 aromatic carbocycles. The Morgan fingerprint density at radius 3 is 2.44 bits per heavy atom. The van der Waals surface area contributed by atoms with Crippen molar-refractivity contribution in [2.45, 2.75) is 71.9 Å². The second-order valence-electron chi connectivity index (χ2n) is 8.29. The van der Waals surface area contributed by atoms with Crippen LogP contribution < -0.4 is 5.32 Å². The van der Waals surface area contributed by atoms with Gasteiger partial charge in [0.2, 0.25) is 0 Å². The highest BCUT2D eigenvalue weighted by Gasteiger charge is 2.43. The van der Waals surface area contributed by atoms with Crippen LogP contribution in [0.5, 0.6) is 0 Å². The van der Waals surface area contributed by atoms with Crippen molar-refractivity contribution in [1.29, 1.82) is 0 Å². The van der Waals surface area contributed by atoms with Crippen molar-refractivity contribution in [3.05, 3.63) is 35.1 Å². The van der Waals surface area contributed by atoms with Crippen molar-refractivity contribution in [3.63, 3.8) is 0 Å². The van der Waals surface area contributed by atoms with Gasteiger partial charge in [0.1, 0.15) is 0 Å². The number of benzene rings is 1. The van der Waals surface area contributed by atoms with E-state index in [1.54, 1.807) is 0 Å². The Hall–Kier alpha value is -1.39. The fourth-order valence-electron chi connectivity index (χ4n) is 5.26. The minimum absolute atomic E-state index is 0.241. The van der Waals surface area contributed by atoms with E-state index in [0.29, 0.717) is 23.3 Å². The molecule has 2 saturated carbocycles. The van der Waals surface area contributed by atoms with Crippen LogP contribution >= 0.6 is 11.6 Å². The first-order valence-electron chi connectivity index (χ1n) is 10.4. The quantitative estimate of drug-likeness (QED) is 0.685. The topological polar surface area (TPSA) is 51.0 Å². The summed E-state index contributed by atoms with van der Waals surface area (Å²) >= 11 is 6.22. The predicted octanol–water partition coefficient (Wildman–Crippen LogP) is 6.11. The lowest BCUT2D eigenvalue weighted by Gasteiger charge is -2.50. The summed E-state index contributed by atoms with van der Waals surface area (Å²) in [5, 5.41) is 8.59. The van der Waals surface area contributed by atoms with E-state index in [2.05, 4.69) is 29.3 Å². The molecular formula is C22H32ClN3O. The van der Waals surface area contributed by atoms with E-state index in [1.165, 1.54) is 32.1 Å². The summed E-state index contributed by atoms with van der Waals surface area (Å²) in [4.78, 5) is 4.54. The Balaban J connectivity index is 0.00000102. The molecule has 2 bridgehead atoms. The zero-order chi connectivity index (χ0) is 19.4. The van der Waals surface area contributed by atoms with E-state index in [9.17, 15) is 0 Å². The molecule has 1 aromatic heterocycles. The highest BCUT2D eigenvalue weighted by molar-refractivity contribution is 6.33. The highest BCUT2D eigenvalue weighted by Crippen LogP contribution is 2.47. The first-order chi connectivity index (χ1) is 13.0. The monoisotopic (exact) mass is 389 g/mol. The summed E-state index contributed by atoms with van der Waals surface area (Å²) in [5.41, 5.74) is 1.03. The molecule has 148 valence electrons. The van der Waals surface area contributed by atoms with E-state index in [0.717, 1.165) is 23.3 Å². The first kappa shape index (κ1) is 20.3. The Kier molecular flexibility index (Phi) is 6.59. The zero-order valence-electron chi connectivity index (χ0n) is 17.0. The number of nitrogens with zero attached hydrogens (tertiary/aromatic N) is 2. The van der Waals surface area contributed by atoms with Gasteiger partial charge in [-0.3, -0.25) is 0 Å². The molecule has 2 aliphatic rings. The van der Waals surface area contributed by atoms with Gasteiger partial charge in [-0.15, -0.1) is 0 Å². The van der Waals surface area contributed by atoms with Gasteiger partial charge < -0.3 is 9.84 Å². The van der Waals surface area contributed by atoms with E-state index >= 15 is 0 Å². The van der Waals surface area contributed by atoms with Crippen LogP contribution in [0.2, 0.25) is 5.02 Å². The SMILES string of the molecule is CC.CC1CC2CC(C)CC(NCc3noc(-c4ccccc4Cl)n3)(C1)C2. The molecule has 1 N–H and O–H groups in total. The minimum atomic E-state index is 0.241. The molecule has 0 aliphatic heterocycles. The van der Waals surface area contributed by atoms with Crippen molar-refractivity contribution in [1.82, 2.24) is 15.5 Å². The molecular weight excluding hydrogens is 358 g/mol. The van der Waals surface area contributed by atoms with E-state index < -0.39 is 0 Å². The number of rotatable bonds is 4. The Morgan fingerprint density at radius 2 is 1.78 bits per heavy atom. The number of nitrogens with one attached hydrogen (secondary N) is 1. The maximum absolute atomic E-state index is 6.22. The summed E-state index contributed by atoms with van der Waals surface area (Å²) in [6, 6.07) is 7.57. The van der Waals surface area contributed by atoms with Gasteiger partial charge in [0, 0.05) is 5.54 Å². The number of hydrogen-bond donors (Lipinski definition) is 1. The van der Waals surface area contributed by atoms with E-state index in [-0.39, 0.29) is 5.54 Å². The number of hydrogen-bond acceptors (Lipinski definition) is 4. The van der Waals surface area contributed by atoms with Crippen LogP contribution in [0, 0.1) is 17.8 Å². The maximum Gasteiger partial charge on any atom is 0.259 e. The van der Waals surface area contributed by atoms with Crippen molar-refractivity contribution < 1.29 is 4.52 Å². The molecule has 0 spiro atoms. The molecule has 2 aliphatic carbocycles. The lowest BCUT2D eigenvalue weighted by atomic mass is 9.61. The molecule has 2 aromatic rings. The van der Waals surface area contributed by atoms with Crippen LogP contribution in [0.4, 0.5) is 0 Å². The largest absolute Gasteiger partial charge is 0.334 e. The number of halogens is 1. The molecule has 0 saturated heterocycles. The summed E-state index contributed by atoms with van der Waals surface area (Å²) in [6.45, 7) is 9.44. The van der Waals surface area contributed by atoms with Gasteiger partial charge in [-0.05, 0) is 62.0 Å². The second-order valence-corrected chi connectivity index (χ2v) is 8.70. The summed E-state index contributed by atoms with van der Waals surface area (Å²) in [7, 11) is 0. The average Bonchev–Trinajstić information content (AvgIpc) is 3.10. The first-order valence-corrected chi connectivity index (χ1v) is 10.7. The maximum atomic E-state index is 6.22. The van der Waals surface area contributed by atoms with Crippen molar-refractivity contribution in [3.8, 4) is 11.5 Å². The molecule has 4 rings (SSSR count). The van der Waals surface area contributed by atoms with Crippen LogP contribution in [0.3, 0.4) is 0 Å². The van der Waals surface area contributed by atoms with Crippen molar-refractivity contribution in [2.24, 2.45) is 17.8 Å². The number of fused-ring (bicyclic) bond motifs is 2. The lowest BCUT2D eigenvalue weighted by Crippen LogP contribution is -2.54. The Labute approximate surface area is 168 Å². The van der Waals surface area contributed by atoms with E-state index in [1.807, 2.05) is 38.1 Å². The predicted molar refractivity (Wildman–Crippen MR) is 111 cm³/mol. The second kappa shape index (κ2) is 8.74. The van der Waals surface area contributed by atoms with Crippen LogP contribution in [-0.4, -0.2) is 15.7 Å². The summed E-state index contributed by atoms with van der Waals surface area (Å²) in [6.07, 6.45) is 6.56. The van der Waals surface area contributed by atoms with Gasteiger partial charge in [-0.25, -0.2) is 0 Å². The Morgan fingerprint density at radius 1 is 1.11 bits per heavy atom. The normalized spacial score (nSPS) is 29.7. The third kappa shape index (κ3) is 4.72. The molecule has 5 heteroatoms. The van der Waals surface area contributed by atoms with Gasteiger partial charge >= 0.3 is 0 Å². The van der Waals surface area contributed by atoms with Gasteiger partial charge in [0.25, 0.3) is 5.89 Å². The lowest BCUT2D eigenvalue weighted by molar-refractivity contribution is 0.0536. The summed E-state index contributed by atoms with van der Waals surface area (Å²) < 4.78 is 5.43. The molecule has 1 heterocycles. The molecule has 2 atom stereocenters. The molecule has 4 nitrogen and oxygen atoms in total. The average molecular weight is 390 g/mol. The molecule has 0 amide bonds. The molecule has 2 fully saturated rings. The molecule has 2 unspecified atom stereocenters. The standard InChI is InChI=1S/C20H26ClN3O.C2H6/c1-13-7-15-8-14(2)10-20(9-13,11-15)22-12-18-23-19(25-24-18)16-5-3-4-6-17(16)21;1-2/h3-6,13-15,22H,7-12H2,1-2H3;1-2H3. The smallest absolute Gasteiger partial charge is 0.259 e. The van der Waals surface area contributed by atoms with Gasteiger partial charge in [0.15, 0.2) is 5.82 Å². The fourth-order valence-corrected chi connectivity index (χ4v) is 5.47. The van der Waals surface area contributed by atoms with Crippen molar-refractivity contribution >= 4 is 11.6 Å². The Bertz CT molecular complexity index is 725. The zero-order valence-corrected chi connectivity index (χ0v) is 17.7. The van der Waals surface area contributed by atoms with Crippen LogP contribution in [0.1, 0.15) is 65.6 Å². The van der Waals surface area contributed by atoms with Gasteiger partial charge in [-0.2, -0.15) is 4.98 Å². The minimum Gasteiger partial charge on any atom is -0.334 e. The molecule has 27 heavy (non-hydrogen) atoms.